The van der Waals surface area contributed by atoms with Crippen LogP contribution in [0.3, 0.4) is 0 Å². The molecule has 0 saturated carbocycles. The lowest BCUT2D eigenvalue weighted by atomic mass is 10.2. The van der Waals surface area contributed by atoms with Crippen LogP contribution in [0.2, 0.25) is 0 Å². The van der Waals surface area contributed by atoms with E-state index in [1.165, 1.54) is 32.3 Å². The molecule has 0 heterocycles. The van der Waals surface area contributed by atoms with Gasteiger partial charge in [-0.3, -0.25) is 20.4 Å². The van der Waals surface area contributed by atoms with Crippen LogP contribution in [0, 0.1) is 11.6 Å². The van der Waals surface area contributed by atoms with Gasteiger partial charge in [-0.1, -0.05) is 12.1 Å². The topological polar surface area (TPSA) is 95.6 Å². The van der Waals surface area contributed by atoms with Crippen LogP contribution < -0.4 is 10.9 Å². The highest BCUT2D eigenvalue weighted by Gasteiger charge is 2.22. The Morgan fingerprint density at radius 2 is 1.42 bits per heavy atom. The molecule has 0 atom stereocenters. The van der Waals surface area contributed by atoms with E-state index in [4.69, 9.17) is 0 Å². The number of benzene rings is 2. The van der Waals surface area contributed by atoms with Crippen molar-refractivity contribution < 1.29 is 26.8 Å². The maximum atomic E-state index is 13.9. The molecule has 2 rings (SSSR count). The molecule has 0 aromatic heterocycles. The van der Waals surface area contributed by atoms with E-state index in [1.54, 1.807) is 0 Å². The molecule has 0 unspecified atom stereocenters. The predicted molar refractivity (Wildman–Crippen MR) is 88.6 cm³/mol. The molecule has 7 nitrogen and oxygen atoms in total. The van der Waals surface area contributed by atoms with Gasteiger partial charge in [0.15, 0.2) is 0 Å². The number of carbonyl (C=O) groups excluding carboxylic acids is 2. The Balaban J connectivity index is 2.20. The molecule has 2 N–H and O–H groups in total. The van der Waals surface area contributed by atoms with Crippen molar-refractivity contribution in [2.45, 2.75) is 4.90 Å². The third kappa shape index (κ3) is 4.03. The molecule has 0 fully saturated rings. The number of rotatable bonds is 4. The van der Waals surface area contributed by atoms with E-state index in [0.717, 1.165) is 28.6 Å². The van der Waals surface area contributed by atoms with Crippen molar-refractivity contribution in [3.05, 3.63) is 65.2 Å². The Morgan fingerprint density at radius 1 is 0.885 bits per heavy atom. The average Bonchev–Trinajstić information content (AvgIpc) is 2.59. The molecule has 26 heavy (non-hydrogen) atoms. The Labute approximate surface area is 148 Å². The molecule has 0 saturated heterocycles. The van der Waals surface area contributed by atoms with Crippen molar-refractivity contribution in [3.8, 4) is 0 Å². The van der Waals surface area contributed by atoms with E-state index >= 15 is 0 Å². The van der Waals surface area contributed by atoms with E-state index in [0.29, 0.717) is 0 Å². The maximum absolute atomic E-state index is 13.9. The maximum Gasteiger partial charge on any atom is 0.272 e. The van der Waals surface area contributed by atoms with Crippen molar-refractivity contribution in [3.63, 3.8) is 0 Å². The summed E-state index contributed by atoms with van der Waals surface area (Å²) >= 11 is 0. The molecular weight excluding hydrogens is 368 g/mol. The van der Waals surface area contributed by atoms with E-state index in [9.17, 15) is 26.8 Å². The SMILES string of the molecule is CN(C)S(=O)(=O)c1ccc(F)c(C(=O)NNC(=O)c2ccccc2F)c1. The van der Waals surface area contributed by atoms with Crippen LogP contribution in [0.15, 0.2) is 47.4 Å². The highest BCUT2D eigenvalue weighted by molar-refractivity contribution is 7.89. The molecule has 2 amide bonds. The van der Waals surface area contributed by atoms with Crippen molar-refractivity contribution in [2.75, 3.05) is 14.1 Å². The standard InChI is InChI=1S/C16H15F2N3O4S/c1-21(2)26(24,25)10-7-8-14(18)12(9-10)16(23)20-19-15(22)11-5-3-4-6-13(11)17/h3-9H,1-2H3,(H,19,22)(H,20,23). The zero-order valence-electron chi connectivity index (χ0n) is 13.8. The van der Waals surface area contributed by atoms with Gasteiger partial charge in [-0.05, 0) is 30.3 Å². The molecule has 138 valence electrons. The zero-order valence-corrected chi connectivity index (χ0v) is 14.6. The van der Waals surface area contributed by atoms with Gasteiger partial charge in [0.1, 0.15) is 11.6 Å². The fourth-order valence-corrected chi connectivity index (χ4v) is 2.87. The Kier molecular flexibility index (Phi) is 5.68. The van der Waals surface area contributed by atoms with E-state index in [2.05, 4.69) is 0 Å². The number of hydrogen-bond donors (Lipinski definition) is 2. The first-order chi connectivity index (χ1) is 12.1. The summed E-state index contributed by atoms with van der Waals surface area (Å²) in [5.41, 5.74) is 2.94. The van der Waals surface area contributed by atoms with Gasteiger partial charge in [0.2, 0.25) is 10.0 Å². The lowest BCUT2D eigenvalue weighted by Crippen LogP contribution is -2.42. The quantitative estimate of drug-likeness (QED) is 0.778. The summed E-state index contributed by atoms with van der Waals surface area (Å²) in [5.74, 6) is -3.83. The summed E-state index contributed by atoms with van der Waals surface area (Å²) in [7, 11) is -1.31. The van der Waals surface area contributed by atoms with Crippen molar-refractivity contribution >= 4 is 21.8 Å². The number of amides is 2. The number of nitrogens with zero attached hydrogens (tertiary/aromatic N) is 1. The molecule has 2 aromatic carbocycles. The number of sulfonamides is 1. The number of hydrazine groups is 1. The predicted octanol–water partition coefficient (Wildman–Crippen LogP) is 1.29. The first-order valence-electron chi connectivity index (χ1n) is 7.22. The highest BCUT2D eigenvalue weighted by atomic mass is 32.2. The first-order valence-corrected chi connectivity index (χ1v) is 8.66. The summed E-state index contributed by atoms with van der Waals surface area (Å²) in [6.45, 7) is 0. The lowest BCUT2D eigenvalue weighted by Gasteiger charge is -2.13. The van der Waals surface area contributed by atoms with E-state index in [-0.39, 0.29) is 10.5 Å². The van der Waals surface area contributed by atoms with Crippen LogP contribution in [-0.2, 0) is 10.0 Å². The minimum atomic E-state index is -3.88. The summed E-state index contributed by atoms with van der Waals surface area (Å²) in [5, 5.41) is 0. The van der Waals surface area contributed by atoms with Gasteiger partial charge in [0.25, 0.3) is 11.8 Å². The molecule has 0 aliphatic heterocycles. The third-order valence-corrected chi connectivity index (χ3v) is 5.18. The van der Waals surface area contributed by atoms with Crippen LogP contribution in [-0.4, -0.2) is 38.6 Å². The van der Waals surface area contributed by atoms with Crippen molar-refractivity contribution in [2.24, 2.45) is 0 Å². The molecule has 0 aliphatic rings. The second-order valence-corrected chi connectivity index (χ2v) is 7.47. The van der Waals surface area contributed by atoms with E-state index < -0.39 is 39.0 Å². The monoisotopic (exact) mass is 383 g/mol. The molecule has 0 spiro atoms. The third-order valence-electron chi connectivity index (χ3n) is 3.37. The highest BCUT2D eigenvalue weighted by Crippen LogP contribution is 2.17. The minimum Gasteiger partial charge on any atom is -0.267 e. The van der Waals surface area contributed by atoms with Gasteiger partial charge >= 0.3 is 0 Å². The Hall–Kier alpha value is -2.85. The van der Waals surface area contributed by atoms with Crippen LogP contribution in [0.25, 0.3) is 0 Å². The number of halogens is 2. The summed E-state index contributed by atoms with van der Waals surface area (Å²) in [4.78, 5) is 23.6. The number of carbonyl (C=O) groups is 2. The van der Waals surface area contributed by atoms with Crippen LogP contribution in [0.1, 0.15) is 20.7 Å². The largest absolute Gasteiger partial charge is 0.272 e. The summed E-state index contributed by atoms with van der Waals surface area (Å²) in [6, 6.07) is 7.75. The average molecular weight is 383 g/mol. The second kappa shape index (κ2) is 7.58. The van der Waals surface area contributed by atoms with Gasteiger partial charge in [-0.25, -0.2) is 21.5 Å². The van der Waals surface area contributed by atoms with Gasteiger partial charge in [0.05, 0.1) is 16.0 Å². The van der Waals surface area contributed by atoms with Crippen LogP contribution in [0.5, 0.6) is 0 Å². The minimum absolute atomic E-state index is 0.297. The normalized spacial score (nSPS) is 11.3. The van der Waals surface area contributed by atoms with Crippen LogP contribution >= 0.6 is 0 Å². The Bertz CT molecular complexity index is 962. The van der Waals surface area contributed by atoms with Gasteiger partial charge in [-0.15, -0.1) is 0 Å². The Morgan fingerprint density at radius 3 is 2.00 bits per heavy atom. The summed E-state index contributed by atoms with van der Waals surface area (Å²) in [6.07, 6.45) is 0. The summed E-state index contributed by atoms with van der Waals surface area (Å²) < 4.78 is 52.4. The van der Waals surface area contributed by atoms with Crippen LogP contribution in [0.4, 0.5) is 8.78 Å². The zero-order chi connectivity index (χ0) is 19.5. The fourth-order valence-electron chi connectivity index (χ4n) is 1.94. The number of hydrogen-bond acceptors (Lipinski definition) is 4. The van der Waals surface area contributed by atoms with E-state index in [1.807, 2.05) is 10.9 Å². The molecule has 10 heteroatoms. The molecular formula is C16H15F2N3O4S. The van der Waals surface area contributed by atoms with Crippen molar-refractivity contribution in [1.82, 2.24) is 15.2 Å². The molecule has 2 aromatic rings. The molecule has 0 aliphatic carbocycles. The molecule has 0 bridgehead atoms. The lowest BCUT2D eigenvalue weighted by molar-refractivity contribution is 0.0841. The van der Waals surface area contributed by atoms with Gasteiger partial charge < -0.3 is 0 Å². The molecule has 0 radical (unpaired) electrons. The number of nitrogens with one attached hydrogen (secondary N) is 2. The smallest absolute Gasteiger partial charge is 0.267 e. The fraction of sp³-hybridized carbons (Fsp3) is 0.125. The first kappa shape index (κ1) is 19.5. The van der Waals surface area contributed by atoms with Gasteiger partial charge in [0, 0.05) is 14.1 Å². The van der Waals surface area contributed by atoms with Crippen molar-refractivity contribution in [1.29, 1.82) is 0 Å². The second-order valence-electron chi connectivity index (χ2n) is 5.32. The van der Waals surface area contributed by atoms with Gasteiger partial charge in [-0.2, -0.15) is 0 Å².